The molecule has 2 aromatic rings. The van der Waals surface area contributed by atoms with E-state index < -0.39 is 0 Å². The number of aldehydes is 1. The number of carbonyl (C=O) groups is 1. The molecule has 4 heteroatoms. The molecule has 0 spiro atoms. The Morgan fingerprint density at radius 3 is 3.06 bits per heavy atom. The molecule has 0 radical (unpaired) electrons. The first-order valence-electron chi connectivity index (χ1n) is 4.78. The molecule has 0 aliphatic heterocycles. The number of rotatable bonds is 3. The highest BCUT2D eigenvalue weighted by Crippen LogP contribution is 2.08. The van der Waals surface area contributed by atoms with E-state index in [1.165, 1.54) is 0 Å². The highest BCUT2D eigenvalue weighted by atomic mass is 16.1. The molecule has 0 aromatic carbocycles. The first-order valence-corrected chi connectivity index (χ1v) is 4.78. The van der Waals surface area contributed by atoms with Gasteiger partial charge in [-0.2, -0.15) is 5.26 Å². The van der Waals surface area contributed by atoms with Crippen LogP contribution in [0.2, 0.25) is 0 Å². The molecule has 0 aliphatic carbocycles. The van der Waals surface area contributed by atoms with Crippen LogP contribution in [0.25, 0.3) is 0 Å². The van der Waals surface area contributed by atoms with Crippen LogP contribution in [0, 0.1) is 11.3 Å². The monoisotopic (exact) mass is 211 g/mol. The van der Waals surface area contributed by atoms with Crippen LogP contribution >= 0.6 is 0 Å². The quantitative estimate of drug-likeness (QED) is 0.725. The normalized spacial score (nSPS) is 9.69. The summed E-state index contributed by atoms with van der Waals surface area (Å²) in [6.45, 7) is 0.546. The molecule has 4 nitrogen and oxygen atoms in total. The Kier molecular flexibility index (Phi) is 2.79. The average molecular weight is 211 g/mol. The van der Waals surface area contributed by atoms with Crippen molar-refractivity contribution < 1.29 is 4.79 Å². The highest BCUT2D eigenvalue weighted by Gasteiger charge is 2.03. The van der Waals surface area contributed by atoms with Crippen LogP contribution in [0.15, 0.2) is 36.8 Å². The summed E-state index contributed by atoms with van der Waals surface area (Å²) in [6, 6.07) is 7.42. The molecule has 0 aliphatic rings. The van der Waals surface area contributed by atoms with E-state index in [1.807, 2.05) is 16.7 Å². The van der Waals surface area contributed by atoms with Crippen LogP contribution in [-0.2, 0) is 6.54 Å². The maximum absolute atomic E-state index is 10.5. The Hall–Kier alpha value is -2.41. The van der Waals surface area contributed by atoms with Gasteiger partial charge in [0.2, 0.25) is 0 Å². The maximum Gasteiger partial charge on any atom is 0.151 e. The van der Waals surface area contributed by atoms with E-state index >= 15 is 0 Å². The molecule has 0 N–H and O–H groups in total. The van der Waals surface area contributed by atoms with E-state index in [-0.39, 0.29) is 0 Å². The van der Waals surface area contributed by atoms with Crippen molar-refractivity contribution in [1.82, 2.24) is 9.55 Å². The molecule has 0 amide bonds. The van der Waals surface area contributed by atoms with Crippen molar-refractivity contribution in [2.24, 2.45) is 0 Å². The van der Waals surface area contributed by atoms with Crippen LogP contribution < -0.4 is 0 Å². The van der Waals surface area contributed by atoms with E-state index in [0.717, 1.165) is 11.8 Å². The minimum absolute atomic E-state index is 0.420. The van der Waals surface area contributed by atoms with Crippen molar-refractivity contribution in [2.75, 3.05) is 0 Å². The number of hydrogen-bond acceptors (Lipinski definition) is 3. The van der Waals surface area contributed by atoms with Gasteiger partial charge in [0.25, 0.3) is 0 Å². The minimum Gasteiger partial charge on any atom is -0.349 e. The highest BCUT2D eigenvalue weighted by molar-refractivity contribution is 5.74. The first-order chi connectivity index (χ1) is 7.83. The van der Waals surface area contributed by atoms with E-state index in [2.05, 4.69) is 4.98 Å². The molecule has 16 heavy (non-hydrogen) atoms. The second kappa shape index (κ2) is 4.41. The lowest BCUT2D eigenvalue weighted by Gasteiger charge is -2.03. The topological polar surface area (TPSA) is 58.7 Å². The minimum atomic E-state index is 0.420. The lowest BCUT2D eigenvalue weighted by molar-refractivity contribution is 0.112. The van der Waals surface area contributed by atoms with Crippen molar-refractivity contribution in [3.63, 3.8) is 0 Å². The van der Waals surface area contributed by atoms with E-state index in [1.54, 1.807) is 30.7 Å². The Labute approximate surface area is 92.8 Å². The largest absolute Gasteiger partial charge is 0.349 e. The van der Waals surface area contributed by atoms with Gasteiger partial charge >= 0.3 is 0 Å². The SMILES string of the molecule is N#Cc1ncccc1Cn1ccc(C=O)c1. The van der Waals surface area contributed by atoms with E-state index in [0.29, 0.717) is 17.8 Å². The summed E-state index contributed by atoms with van der Waals surface area (Å²) < 4.78 is 1.85. The van der Waals surface area contributed by atoms with Gasteiger partial charge in [0.05, 0.1) is 0 Å². The molecular weight excluding hydrogens is 202 g/mol. The van der Waals surface area contributed by atoms with Gasteiger partial charge in [0.1, 0.15) is 11.8 Å². The lowest BCUT2D eigenvalue weighted by atomic mass is 10.2. The van der Waals surface area contributed by atoms with E-state index in [4.69, 9.17) is 5.26 Å². The van der Waals surface area contributed by atoms with Gasteiger partial charge in [-0.25, -0.2) is 4.98 Å². The Morgan fingerprint density at radius 2 is 2.38 bits per heavy atom. The second-order valence-electron chi connectivity index (χ2n) is 3.36. The fraction of sp³-hybridized carbons (Fsp3) is 0.0833. The summed E-state index contributed by atoms with van der Waals surface area (Å²) in [5.41, 5.74) is 1.89. The smallest absolute Gasteiger partial charge is 0.151 e. The summed E-state index contributed by atoms with van der Waals surface area (Å²) in [7, 11) is 0. The fourth-order valence-electron chi connectivity index (χ4n) is 1.49. The standard InChI is InChI=1S/C12H9N3O/c13-6-12-11(2-1-4-14-12)8-15-5-3-10(7-15)9-16/h1-5,7,9H,8H2. The molecule has 78 valence electrons. The van der Waals surface area contributed by atoms with Crippen molar-refractivity contribution >= 4 is 6.29 Å². The number of hydrogen-bond donors (Lipinski definition) is 0. The molecule has 2 aromatic heterocycles. The molecule has 0 bridgehead atoms. The zero-order valence-electron chi connectivity index (χ0n) is 8.50. The maximum atomic E-state index is 10.5. The zero-order valence-corrected chi connectivity index (χ0v) is 8.50. The predicted molar refractivity (Wildman–Crippen MR) is 57.9 cm³/mol. The molecule has 0 atom stereocenters. The molecule has 0 saturated carbocycles. The zero-order chi connectivity index (χ0) is 11.4. The third kappa shape index (κ3) is 1.98. The third-order valence-electron chi connectivity index (χ3n) is 2.26. The van der Waals surface area contributed by atoms with Crippen LogP contribution in [0.3, 0.4) is 0 Å². The lowest BCUT2D eigenvalue weighted by Crippen LogP contribution is -2.00. The van der Waals surface area contributed by atoms with Gasteiger partial charge in [0.15, 0.2) is 6.29 Å². The number of nitrogens with zero attached hydrogens (tertiary/aromatic N) is 3. The third-order valence-corrected chi connectivity index (χ3v) is 2.26. The summed E-state index contributed by atoms with van der Waals surface area (Å²) >= 11 is 0. The molecular formula is C12H9N3O. The van der Waals surface area contributed by atoms with Crippen molar-refractivity contribution in [3.8, 4) is 6.07 Å². The van der Waals surface area contributed by atoms with Crippen LogP contribution in [0.5, 0.6) is 0 Å². The second-order valence-corrected chi connectivity index (χ2v) is 3.36. The van der Waals surface area contributed by atoms with Crippen molar-refractivity contribution in [1.29, 1.82) is 5.26 Å². The fourth-order valence-corrected chi connectivity index (χ4v) is 1.49. The van der Waals surface area contributed by atoms with Crippen molar-refractivity contribution in [3.05, 3.63) is 53.6 Å². The molecule has 2 rings (SSSR count). The molecule has 0 unspecified atom stereocenters. The summed E-state index contributed by atoms with van der Waals surface area (Å²) in [5.74, 6) is 0. The van der Waals surface area contributed by atoms with Crippen LogP contribution in [0.4, 0.5) is 0 Å². The molecule has 2 heterocycles. The van der Waals surface area contributed by atoms with Gasteiger partial charge < -0.3 is 4.57 Å². The number of nitriles is 1. The Bertz CT molecular complexity index is 551. The first kappa shape index (κ1) is 10.1. The number of carbonyl (C=O) groups excluding carboxylic acids is 1. The summed E-state index contributed by atoms with van der Waals surface area (Å²) in [4.78, 5) is 14.5. The Balaban J connectivity index is 2.27. The predicted octanol–water partition coefficient (Wildman–Crippen LogP) is 1.62. The van der Waals surface area contributed by atoms with Gasteiger partial charge in [-0.3, -0.25) is 4.79 Å². The van der Waals surface area contributed by atoms with Crippen LogP contribution in [0.1, 0.15) is 21.6 Å². The van der Waals surface area contributed by atoms with Gasteiger partial charge in [-0.15, -0.1) is 0 Å². The van der Waals surface area contributed by atoms with Gasteiger partial charge in [-0.1, -0.05) is 6.07 Å². The number of pyridine rings is 1. The average Bonchev–Trinajstić information content (AvgIpc) is 2.77. The van der Waals surface area contributed by atoms with Crippen molar-refractivity contribution in [2.45, 2.75) is 6.54 Å². The summed E-state index contributed by atoms with van der Waals surface area (Å²) in [5, 5.41) is 8.87. The van der Waals surface area contributed by atoms with E-state index in [9.17, 15) is 4.79 Å². The Morgan fingerprint density at radius 1 is 1.50 bits per heavy atom. The van der Waals surface area contributed by atoms with Gasteiger partial charge in [-0.05, 0) is 12.1 Å². The number of aromatic nitrogens is 2. The summed E-state index contributed by atoms with van der Waals surface area (Å²) in [6.07, 6.45) is 5.93. The van der Waals surface area contributed by atoms with Gasteiger partial charge in [0, 0.05) is 36.3 Å². The molecule has 0 saturated heterocycles. The molecule has 0 fully saturated rings. The van der Waals surface area contributed by atoms with Crippen LogP contribution in [-0.4, -0.2) is 15.8 Å².